The molecular weight excluding hydrogens is 198 g/mol. The maximum absolute atomic E-state index is 10.5. The summed E-state index contributed by atoms with van der Waals surface area (Å²) in [7, 11) is 1.75. The van der Waals surface area contributed by atoms with E-state index >= 15 is 0 Å². The molecule has 2 N–H and O–H groups in total. The number of carbonyl (C=O) groups is 1. The molecule has 1 aromatic rings. The van der Waals surface area contributed by atoms with Gasteiger partial charge in [0.25, 0.3) is 0 Å². The van der Waals surface area contributed by atoms with Gasteiger partial charge in [0.1, 0.15) is 5.82 Å². The SMILES string of the molecule is C[C@H](O)CN(C)c1cnc(C(=O)O)cn1. The van der Waals surface area contributed by atoms with Gasteiger partial charge in [-0.25, -0.2) is 14.8 Å². The second-order valence-electron chi connectivity index (χ2n) is 3.29. The average Bonchev–Trinajstić information content (AvgIpc) is 2.17. The topological polar surface area (TPSA) is 86.5 Å². The molecule has 0 aliphatic rings. The number of likely N-dealkylation sites (N-methyl/N-ethyl adjacent to an activating group) is 1. The second kappa shape index (κ2) is 4.70. The van der Waals surface area contributed by atoms with Crippen molar-refractivity contribution >= 4 is 11.8 Å². The lowest BCUT2D eigenvalue weighted by Crippen LogP contribution is -2.27. The number of aliphatic hydroxyl groups is 1. The maximum Gasteiger partial charge on any atom is 0.356 e. The van der Waals surface area contributed by atoms with Crippen LogP contribution in [0.2, 0.25) is 0 Å². The van der Waals surface area contributed by atoms with Crippen molar-refractivity contribution in [2.45, 2.75) is 13.0 Å². The van der Waals surface area contributed by atoms with Crippen LogP contribution in [-0.4, -0.2) is 45.8 Å². The number of nitrogens with zero attached hydrogens (tertiary/aromatic N) is 3. The number of carboxylic acid groups (broad SMARTS) is 1. The summed E-state index contributed by atoms with van der Waals surface area (Å²) in [5.74, 6) is -0.576. The maximum atomic E-state index is 10.5. The van der Waals surface area contributed by atoms with Crippen LogP contribution in [0.4, 0.5) is 5.82 Å². The van der Waals surface area contributed by atoms with E-state index in [1.54, 1.807) is 18.9 Å². The van der Waals surface area contributed by atoms with Crippen molar-refractivity contribution in [3.63, 3.8) is 0 Å². The number of carboxylic acids is 1. The van der Waals surface area contributed by atoms with E-state index in [1.807, 2.05) is 0 Å². The lowest BCUT2D eigenvalue weighted by molar-refractivity contribution is 0.0690. The minimum absolute atomic E-state index is 0.0933. The number of rotatable bonds is 4. The first-order chi connectivity index (χ1) is 7.00. The van der Waals surface area contributed by atoms with Crippen molar-refractivity contribution in [1.82, 2.24) is 9.97 Å². The van der Waals surface area contributed by atoms with E-state index in [0.29, 0.717) is 12.4 Å². The fourth-order valence-corrected chi connectivity index (χ4v) is 1.12. The summed E-state index contributed by atoms with van der Waals surface area (Å²) >= 11 is 0. The van der Waals surface area contributed by atoms with Crippen LogP contribution in [0.3, 0.4) is 0 Å². The van der Waals surface area contributed by atoms with E-state index in [9.17, 15) is 4.79 Å². The predicted octanol–water partition coefficient (Wildman–Crippen LogP) is -0.00820. The first-order valence-electron chi connectivity index (χ1n) is 4.45. The van der Waals surface area contributed by atoms with Crippen molar-refractivity contribution in [3.05, 3.63) is 18.1 Å². The fraction of sp³-hybridized carbons (Fsp3) is 0.444. The van der Waals surface area contributed by atoms with E-state index in [-0.39, 0.29) is 5.69 Å². The molecule has 0 unspecified atom stereocenters. The molecule has 1 heterocycles. The van der Waals surface area contributed by atoms with Crippen molar-refractivity contribution in [2.24, 2.45) is 0 Å². The Kier molecular flexibility index (Phi) is 3.56. The summed E-state index contributed by atoms with van der Waals surface area (Å²) in [5, 5.41) is 17.7. The summed E-state index contributed by atoms with van der Waals surface area (Å²) in [5.41, 5.74) is -0.0933. The number of anilines is 1. The van der Waals surface area contributed by atoms with E-state index in [4.69, 9.17) is 10.2 Å². The highest BCUT2D eigenvalue weighted by Gasteiger charge is 2.08. The van der Waals surface area contributed by atoms with Crippen LogP contribution in [0, 0.1) is 0 Å². The minimum atomic E-state index is -1.10. The zero-order valence-electron chi connectivity index (χ0n) is 8.58. The molecule has 1 rings (SSSR count). The number of aromatic carboxylic acids is 1. The first kappa shape index (κ1) is 11.4. The zero-order chi connectivity index (χ0) is 11.4. The van der Waals surface area contributed by atoms with Crippen LogP contribution in [-0.2, 0) is 0 Å². The third-order valence-electron chi connectivity index (χ3n) is 1.79. The molecule has 0 bridgehead atoms. The van der Waals surface area contributed by atoms with E-state index in [2.05, 4.69) is 9.97 Å². The summed E-state index contributed by atoms with van der Waals surface area (Å²) in [6, 6.07) is 0. The second-order valence-corrected chi connectivity index (χ2v) is 3.29. The Morgan fingerprint density at radius 2 is 2.20 bits per heavy atom. The van der Waals surface area contributed by atoms with Crippen molar-refractivity contribution in [1.29, 1.82) is 0 Å². The number of hydrogen-bond acceptors (Lipinski definition) is 5. The molecule has 15 heavy (non-hydrogen) atoms. The van der Waals surface area contributed by atoms with Gasteiger partial charge in [0, 0.05) is 13.6 Å². The Morgan fingerprint density at radius 3 is 2.60 bits per heavy atom. The Hall–Kier alpha value is -1.69. The highest BCUT2D eigenvalue weighted by Crippen LogP contribution is 2.07. The van der Waals surface area contributed by atoms with Crippen LogP contribution >= 0.6 is 0 Å². The van der Waals surface area contributed by atoms with Crippen LogP contribution in [0.5, 0.6) is 0 Å². The molecule has 0 radical (unpaired) electrons. The normalized spacial score (nSPS) is 12.2. The van der Waals surface area contributed by atoms with Crippen LogP contribution in [0.15, 0.2) is 12.4 Å². The van der Waals surface area contributed by atoms with Crippen LogP contribution in [0.25, 0.3) is 0 Å². The van der Waals surface area contributed by atoms with Gasteiger partial charge in [-0.05, 0) is 6.92 Å². The van der Waals surface area contributed by atoms with E-state index < -0.39 is 12.1 Å². The molecule has 6 nitrogen and oxygen atoms in total. The average molecular weight is 211 g/mol. The van der Waals surface area contributed by atoms with Crippen molar-refractivity contribution < 1.29 is 15.0 Å². The summed E-state index contributed by atoms with van der Waals surface area (Å²) in [6.07, 6.45) is 2.08. The number of hydrogen-bond donors (Lipinski definition) is 2. The van der Waals surface area contributed by atoms with Gasteiger partial charge in [-0.3, -0.25) is 0 Å². The Bertz CT molecular complexity index is 337. The Balaban J connectivity index is 2.75. The molecule has 0 saturated heterocycles. The molecule has 1 atom stereocenters. The quantitative estimate of drug-likeness (QED) is 0.728. The molecule has 0 aliphatic heterocycles. The molecule has 0 saturated carbocycles. The van der Waals surface area contributed by atoms with Gasteiger partial charge >= 0.3 is 5.97 Å². The molecule has 6 heteroatoms. The highest BCUT2D eigenvalue weighted by molar-refractivity contribution is 5.84. The van der Waals surface area contributed by atoms with Gasteiger partial charge in [0.2, 0.25) is 0 Å². The molecule has 0 amide bonds. The summed E-state index contributed by atoms with van der Waals surface area (Å²) < 4.78 is 0. The first-order valence-corrected chi connectivity index (χ1v) is 4.45. The van der Waals surface area contributed by atoms with E-state index in [1.165, 1.54) is 12.4 Å². The predicted molar refractivity (Wildman–Crippen MR) is 53.9 cm³/mol. The molecule has 0 aromatic carbocycles. The molecule has 0 fully saturated rings. The summed E-state index contributed by atoms with van der Waals surface area (Å²) in [6.45, 7) is 2.08. The highest BCUT2D eigenvalue weighted by atomic mass is 16.4. The lowest BCUT2D eigenvalue weighted by atomic mass is 10.4. The monoisotopic (exact) mass is 211 g/mol. The van der Waals surface area contributed by atoms with Crippen molar-refractivity contribution in [2.75, 3.05) is 18.5 Å². The Morgan fingerprint density at radius 1 is 1.53 bits per heavy atom. The Labute approximate surface area is 87.2 Å². The van der Waals surface area contributed by atoms with Crippen molar-refractivity contribution in [3.8, 4) is 0 Å². The van der Waals surface area contributed by atoms with Gasteiger partial charge in [0.15, 0.2) is 5.69 Å². The largest absolute Gasteiger partial charge is 0.476 e. The standard InChI is InChI=1S/C9H13N3O3/c1-6(13)5-12(2)8-4-10-7(3-11-8)9(14)15/h3-4,6,13H,5H2,1-2H3,(H,14,15)/t6-/m0/s1. The molecular formula is C9H13N3O3. The molecule has 0 spiro atoms. The van der Waals surface area contributed by atoms with Gasteiger partial charge in [-0.1, -0.05) is 0 Å². The molecule has 0 aliphatic carbocycles. The number of aromatic nitrogens is 2. The third kappa shape index (κ3) is 3.17. The van der Waals surface area contributed by atoms with Crippen LogP contribution in [0.1, 0.15) is 17.4 Å². The van der Waals surface area contributed by atoms with Gasteiger partial charge < -0.3 is 15.1 Å². The lowest BCUT2D eigenvalue weighted by Gasteiger charge is -2.18. The molecule has 82 valence electrons. The minimum Gasteiger partial charge on any atom is -0.476 e. The smallest absolute Gasteiger partial charge is 0.356 e. The fourth-order valence-electron chi connectivity index (χ4n) is 1.12. The van der Waals surface area contributed by atoms with Crippen LogP contribution < -0.4 is 4.90 Å². The number of aliphatic hydroxyl groups excluding tert-OH is 1. The van der Waals surface area contributed by atoms with Gasteiger partial charge in [-0.15, -0.1) is 0 Å². The van der Waals surface area contributed by atoms with E-state index in [0.717, 1.165) is 0 Å². The zero-order valence-corrected chi connectivity index (χ0v) is 8.58. The molecule has 1 aromatic heterocycles. The third-order valence-corrected chi connectivity index (χ3v) is 1.79. The van der Waals surface area contributed by atoms with Gasteiger partial charge in [0.05, 0.1) is 18.5 Å². The van der Waals surface area contributed by atoms with Gasteiger partial charge in [-0.2, -0.15) is 0 Å². The summed E-state index contributed by atoms with van der Waals surface area (Å²) in [4.78, 5) is 19.8.